The van der Waals surface area contributed by atoms with Crippen molar-refractivity contribution in [2.45, 2.75) is 18.7 Å². The maximum absolute atomic E-state index is 12.2. The number of aryl methyl sites for hydroxylation is 1. The SMILES string of the molecule is CCS(=O)(=O)c1ccccc1-c1nc2cc(C)ccc2s1. The number of hydrogen-bond acceptors (Lipinski definition) is 4. The molecule has 0 bridgehead atoms. The molecule has 2 aromatic carbocycles. The molecule has 3 nitrogen and oxygen atoms in total. The monoisotopic (exact) mass is 317 g/mol. The van der Waals surface area contributed by atoms with Crippen LogP contribution in [0.5, 0.6) is 0 Å². The summed E-state index contributed by atoms with van der Waals surface area (Å²) in [5, 5.41) is 0.753. The molecule has 0 aliphatic carbocycles. The highest BCUT2D eigenvalue weighted by Gasteiger charge is 2.19. The molecule has 21 heavy (non-hydrogen) atoms. The number of benzene rings is 2. The second-order valence-corrected chi connectivity index (χ2v) is 8.17. The summed E-state index contributed by atoms with van der Waals surface area (Å²) in [6.07, 6.45) is 0. The number of nitrogens with zero attached hydrogens (tertiary/aromatic N) is 1. The fraction of sp³-hybridized carbons (Fsp3) is 0.188. The van der Waals surface area contributed by atoms with Crippen molar-refractivity contribution in [2.24, 2.45) is 0 Å². The largest absolute Gasteiger partial charge is 0.236 e. The minimum atomic E-state index is -3.26. The lowest BCUT2D eigenvalue weighted by Crippen LogP contribution is -2.05. The minimum absolute atomic E-state index is 0.0913. The average Bonchev–Trinajstić information content (AvgIpc) is 2.90. The molecule has 1 heterocycles. The van der Waals surface area contributed by atoms with Crippen molar-refractivity contribution in [3.63, 3.8) is 0 Å². The summed E-state index contributed by atoms with van der Waals surface area (Å²) in [6.45, 7) is 3.68. The summed E-state index contributed by atoms with van der Waals surface area (Å²) in [7, 11) is -3.26. The molecular formula is C16H15NO2S2. The van der Waals surface area contributed by atoms with E-state index in [2.05, 4.69) is 4.98 Å². The zero-order chi connectivity index (χ0) is 15.0. The third-order valence-electron chi connectivity index (χ3n) is 3.38. The van der Waals surface area contributed by atoms with E-state index in [1.807, 2.05) is 37.3 Å². The van der Waals surface area contributed by atoms with Crippen LogP contribution in [0.25, 0.3) is 20.8 Å². The molecule has 0 fully saturated rings. The fourth-order valence-corrected chi connectivity index (χ4v) is 4.37. The highest BCUT2D eigenvalue weighted by atomic mass is 32.2. The Morgan fingerprint density at radius 3 is 2.67 bits per heavy atom. The maximum atomic E-state index is 12.2. The van der Waals surface area contributed by atoms with E-state index >= 15 is 0 Å². The molecule has 0 atom stereocenters. The van der Waals surface area contributed by atoms with Gasteiger partial charge < -0.3 is 0 Å². The van der Waals surface area contributed by atoms with Gasteiger partial charge in [0.05, 0.1) is 20.9 Å². The van der Waals surface area contributed by atoms with E-state index in [1.54, 1.807) is 19.1 Å². The molecule has 108 valence electrons. The Hall–Kier alpha value is -1.72. The van der Waals surface area contributed by atoms with E-state index in [1.165, 1.54) is 11.3 Å². The number of sulfone groups is 1. The first-order valence-corrected chi connectivity index (χ1v) is 9.17. The molecule has 5 heteroatoms. The number of thiazole rings is 1. The molecule has 0 spiro atoms. The van der Waals surface area contributed by atoms with Crippen LogP contribution in [0.1, 0.15) is 12.5 Å². The van der Waals surface area contributed by atoms with Gasteiger partial charge in [0.15, 0.2) is 9.84 Å². The summed E-state index contributed by atoms with van der Waals surface area (Å²) >= 11 is 1.52. The van der Waals surface area contributed by atoms with Crippen molar-refractivity contribution < 1.29 is 8.42 Å². The van der Waals surface area contributed by atoms with Crippen LogP contribution in [-0.4, -0.2) is 19.2 Å². The first-order chi connectivity index (χ1) is 10.0. The van der Waals surface area contributed by atoms with Crippen LogP contribution < -0.4 is 0 Å². The Balaban J connectivity index is 2.24. The third kappa shape index (κ3) is 2.59. The van der Waals surface area contributed by atoms with Gasteiger partial charge in [-0.3, -0.25) is 0 Å². The van der Waals surface area contributed by atoms with Crippen molar-refractivity contribution >= 4 is 31.4 Å². The van der Waals surface area contributed by atoms with Crippen molar-refractivity contribution in [3.8, 4) is 10.6 Å². The Kier molecular flexibility index (Phi) is 3.55. The van der Waals surface area contributed by atoms with Crippen LogP contribution in [0.2, 0.25) is 0 Å². The fourth-order valence-electron chi connectivity index (χ4n) is 2.22. The molecule has 3 rings (SSSR count). The molecule has 0 N–H and O–H groups in total. The number of hydrogen-bond donors (Lipinski definition) is 0. The lowest BCUT2D eigenvalue weighted by Gasteiger charge is -2.06. The zero-order valence-corrected chi connectivity index (χ0v) is 13.5. The van der Waals surface area contributed by atoms with Crippen LogP contribution in [0, 0.1) is 6.92 Å². The summed E-state index contributed by atoms with van der Waals surface area (Å²) < 4.78 is 25.6. The molecule has 1 aromatic heterocycles. The van der Waals surface area contributed by atoms with Gasteiger partial charge in [0.1, 0.15) is 5.01 Å². The van der Waals surface area contributed by atoms with Crippen molar-refractivity contribution in [1.29, 1.82) is 0 Å². The smallest absolute Gasteiger partial charge is 0.178 e. The predicted molar refractivity (Wildman–Crippen MR) is 87.5 cm³/mol. The van der Waals surface area contributed by atoms with E-state index < -0.39 is 9.84 Å². The van der Waals surface area contributed by atoms with Crippen LogP contribution in [-0.2, 0) is 9.84 Å². The van der Waals surface area contributed by atoms with Crippen LogP contribution in [0.4, 0.5) is 0 Å². The van der Waals surface area contributed by atoms with Gasteiger partial charge in [-0.05, 0) is 30.7 Å². The first-order valence-electron chi connectivity index (χ1n) is 6.70. The summed E-state index contributed by atoms with van der Waals surface area (Å²) in [5.74, 6) is 0.0913. The van der Waals surface area contributed by atoms with E-state index in [-0.39, 0.29) is 5.75 Å². The topological polar surface area (TPSA) is 47.0 Å². The predicted octanol–water partition coefficient (Wildman–Crippen LogP) is 4.07. The van der Waals surface area contributed by atoms with Crippen molar-refractivity contribution in [2.75, 3.05) is 5.75 Å². The van der Waals surface area contributed by atoms with Crippen molar-refractivity contribution in [1.82, 2.24) is 4.98 Å². The minimum Gasteiger partial charge on any atom is -0.236 e. The Labute approximate surface area is 128 Å². The quantitative estimate of drug-likeness (QED) is 0.731. The van der Waals surface area contributed by atoms with Gasteiger partial charge in [0.25, 0.3) is 0 Å². The van der Waals surface area contributed by atoms with E-state index in [9.17, 15) is 8.42 Å². The van der Waals surface area contributed by atoms with Gasteiger partial charge in [0.2, 0.25) is 0 Å². The Morgan fingerprint density at radius 1 is 1.14 bits per heavy atom. The maximum Gasteiger partial charge on any atom is 0.178 e. The highest BCUT2D eigenvalue weighted by Crippen LogP contribution is 2.34. The summed E-state index contributed by atoms with van der Waals surface area (Å²) in [6, 6.07) is 13.2. The second kappa shape index (κ2) is 5.24. The zero-order valence-electron chi connectivity index (χ0n) is 11.8. The van der Waals surface area contributed by atoms with E-state index in [4.69, 9.17) is 0 Å². The summed E-state index contributed by atoms with van der Waals surface area (Å²) in [4.78, 5) is 4.97. The van der Waals surface area contributed by atoms with Crippen molar-refractivity contribution in [3.05, 3.63) is 48.0 Å². The molecule has 0 amide bonds. The highest BCUT2D eigenvalue weighted by molar-refractivity contribution is 7.91. The first kappa shape index (κ1) is 14.2. The van der Waals surface area contributed by atoms with E-state index in [0.717, 1.165) is 20.8 Å². The molecule has 0 saturated carbocycles. The molecule has 3 aromatic rings. The molecule has 0 aliphatic rings. The number of fused-ring (bicyclic) bond motifs is 1. The molecule has 0 saturated heterocycles. The third-order valence-corrected chi connectivity index (χ3v) is 6.23. The summed E-state index contributed by atoms with van der Waals surface area (Å²) in [5.41, 5.74) is 2.76. The Morgan fingerprint density at radius 2 is 1.90 bits per heavy atom. The number of rotatable bonds is 3. The average molecular weight is 317 g/mol. The van der Waals surface area contributed by atoms with Gasteiger partial charge in [0, 0.05) is 5.56 Å². The lowest BCUT2D eigenvalue weighted by molar-refractivity contribution is 0.597. The van der Waals surface area contributed by atoms with Gasteiger partial charge in [-0.15, -0.1) is 11.3 Å². The van der Waals surface area contributed by atoms with Crippen LogP contribution in [0.3, 0.4) is 0 Å². The van der Waals surface area contributed by atoms with Gasteiger partial charge in [-0.2, -0.15) is 0 Å². The van der Waals surface area contributed by atoms with Crippen LogP contribution in [0.15, 0.2) is 47.4 Å². The van der Waals surface area contributed by atoms with E-state index in [0.29, 0.717) is 10.5 Å². The molecule has 0 aliphatic heterocycles. The second-order valence-electron chi connectivity index (χ2n) is 4.89. The molecule has 0 radical (unpaired) electrons. The standard InChI is InChI=1S/C16H15NO2S2/c1-3-21(18,19)15-7-5-4-6-12(15)16-17-13-10-11(2)8-9-14(13)20-16/h4-10H,3H2,1-2H3. The van der Waals surface area contributed by atoms with Gasteiger partial charge in [-0.25, -0.2) is 13.4 Å². The molecule has 0 unspecified atom stereocenters. The normalized spacial score (nSPS) is 11.9. The number of aromatic nitrogens is 1. The van der Waals surface area contributed by atoms with Gasteiger partial charge >= 0.3 is 0 Å². The Bertz CT molecular complexity index is 911. The molecular weight excluding hydrogens is 302 g/mol. The van der Waals surface area contributed by atoms with Crippen LogP contribution >= 0.6 is 11.3 Å². The lowest BCUT2D eigenvalue weighted by atomic mass is 10.2. The van der Waals surface area contributed by atoms with Gasteiger partial charge in [-0.1, -0.05) is 31.2 Å².